The zero-order chi connectivity index (χ0) is 13.3. The lowest BCUT2D eigenvalue weighted by Crippen LogP contribution is -2.09. The van der Waals surface area contributed by atoms with Gasteiger partial charge in [-0.25, -0.2) is 8.78 Å². The lowest BCUT2D eigenvalue weighted by atomic mass is 9.98. The zero-order valence-corrected chi connectivity index (χ0v) is 10.3. The lowest BCUT2D eigenvalue weighted by Gasteiger charge is -2.07. The molecule has 0 fully saturated rings. The molecule has 0 saturated carbocycles. The summed E-state index contributed by atoms with van der Waals surface area (Å²) in [4.78, 5) is 12.1. The predicted octanol–water partition coefficient (Wildman–Crippen LogP) is 4.16. The number of benzene rings is 2. The van der Waals surface area contributed by atoms with E-state index in [9.17, 15) is 13.6 Å². The van der Waals surface area contributed by atoms with E-state index in [1.807, 2.05) is 0 Å². The van der Waals surface area contributed by atoms with Crippen molar-refractivity contribution in [2.75, 3.05) is 0 Å². The Kier molecular flexibility index (Phi) is 3.43. The summed E-state index contributed by atoms with van der Waals surface area (Å²) in [5.74, 6) is -2.45. The molecule has 0 N–H and O–H groups in total. The second-order valence-electron chi connectivity index (χ2n) is 3.89. The second-order valence-corrected chi connectivity index (χ2v) is 4.32. The van der Waals surface area contributed by atoms with Gasteiger partial charge in [-0.3, -0.25) is 4.79 Å². The van der Waals surface area contributed by atoms with Crippen molar-refractivity contribution in [2.24, 2.45) is 0 Å². The van der Waals surface area contributed by atoms with Crippen LogP contribution in [-0.4, -0.2) is 5.78 Å². The highest BCUT2D eigenvalue weighted by molar-refractivity contribution is 6.31. The van der Waals surface area contributed by atoms with Gasteiger partial charge >= 0.3 is 0 Å². The number of aryl methyl sites for hydroxylation is 1. The molecule has 0 aromatic heterocycles. The van der Waals surface area contributed by atoms with E-state index >= 15 is 0 Å². The smallest absolute Gasteiger partial charge is 0.199 e. The van der Waals surface area contributed by atoms with Gasteiger partial charge in [-0.1, -0.05) is 23.7 Å². The van der Waals surface area contributed by atoms with E-state index in [2.05, 4.69) is 0 Å². The van der Waals surface area contributed by atoms with Gasteiger partial charge in [0.25, 0.3) is 0 Å². The first kappa shape index (κ1) is 12.7. The van der Waals surface area contributed by atoms with Crippen LogP contribution in [0.2, 0.25) is 5.02 Å². The number of hydrogen-bond donors (Lipinski definition) is 0. The third-order valence-corrected chi connectivity index (χ3v) is 2.87. The molecule has 0 radical (unpaired) electrons. The van der Waals surface area contributed by atoms with Crippen molar-refractivity contribution in [1.82, 2.24) is 0 Å². The summed E-state index contributed by atoms with van der Waals surface area (Å²) in [6.45, 7) is 1.68. The largest absolute Gasteiger partial charge is 0.288 e. The van der Waals surface area contributed by atoms with Crippen LogP contribution in [0.4, 0.5) is 8.78 Å². The fourth-order valence-corrected chi connectivity index (χ4v) is 1.86. The summed E-state index contributed by atoms with van der Waals surface area (Å²) in [7, 11) is 0. The summed E-state index contributed by atoms with van der Waals surface area (Å²) in [5, 5.41) is 0.348. The molecular weight excluding hydrogens is 258 g/mol. The molecular formula is C14H9ClF2O. The van der Waals surface area contributed by atoms with E-state index in [0.29, 0.717) is 10.6 Å². The summed E-state index contributed by atoms with van der Waals surface area (Å²) in [5.41, 5.74) is 0.265. The summed E-state index contributed by atoms with van der Waals surface area (Å²) in [6.07, 6.45) is 0. The molecule has 0 atom stereocenters. The van der Waals surface area contributed by atoms with Crippen molar-refractivity contribution in [3.05, 3.63) is 69.7 Å². The summed E-state index contributed by atoms with van der Waals surface area (Å²) in [6, 6.07) is 7.98. The number of hydrogen-bond acceptors (Lipinski definition) is 1. The van der Waals surface area contributed by atoms with Crippen LogP contribution in [0.5, 0.6) is 0 Å². The van der Waals surface area contributed by atoms with Crippen LogP contribution in [0.3, 0.4) is 0 Å². The Balaban J connectivity index is 2.58. The maximum Gasteiger partial charge on any atom is 0.199 e. The molecule has 2 rings (SSSR count). The van der Waals surface area contributed by atoms with E-state index in [1.165, 1.54) is 12.1 Å². The molecule has 0 aliphatic heterocycles. The van der Waals surface area contributed by atoms with Crippen LogP contribution in [0.25, 0.3) is 0 Å². The van der Waals surface area contributed by atoms with Crippen molar-refractivity contribution in [1.29, 1.82) is 0 Å². The minimum Gasteiger partial charge on any atom is -0.288 e. The van der Waals surface area contributed by atoms with Crippen molar-refractivity contribution in [3.8, 4) is 0 Å². The lowest BCUT2D eigenvalue weighted by molar-refractivity contribution is 0.103. The van der Waals surface area contributed by atoms with E-state index in [1.54, 1.807) is 19.1 Å². The quantitative estimate of drug-likeness (QED) is 0.746. The molecule has 0 saturated heterocycles. The standard InChI is InChI=1S/C14H9ClF2O/c1-8-5-6-9(15)7-10(8)14(18)13-11(16)3-2-4-12(13)17/h2-7H,1H3. The fraction of sp³-hybridized carbons (Fsp3) is 0.0714. The van der Waals surface area contributed by atoms with Crippen molar-refractivity contribution in [3.63, 3.8) is 0 Å². The van der Waals surface area contributed by atoms with Crippen LogP contribution in [0.1, 0.15) is 21.5 Å². The van der Waals surface area contributed by atoms with Gasteiger partial charge in [-0.05, 0) is 36.8 Å². The topological polar surface area (TPSA) is 17.1 Å². The van der Waals surface area contributed by atoms with Gasteiger partial charge in [0.1, 0.15) is 11.6 Å². The molecule has 4 heteroatoms. The third-order valence-electron chi connectivity index (χ3n) is 2.63. The number of carbonyl (C=O) groups is 1. The Labute approximate surface area is 108 Å². The average Bonchev–Trinajstić information content (AvgIpc) is 2.32. The van der Waals surface area contributed by atoms with E-state index in [-0.39, 0.29) is 5.56 Å². The SMILES string of the molecule is Cc1ccc(Cl)cc1C(=O)c1c(F)cccc1F. The highest BCUT2D eigenvalue weighted by Gasteiger charge is 2.20. The van der Waals surface area contributed by atoms with Crippen LogP contribution in [-0.2, 0) is 0 Å². The van der Waals surface area contributed by atoms with Gasteiger partial charge in [-0.15, -0.1) is 0 Å². The van der Waals surface area contributed by atoms with Crippen LogP contribution in [0, 0.1) is 18.6 Å². The van der Waals surface area contributed by atoms with E-state index < -0.39 is 23.0 Å². The number of halogens is 3. The Morgan fingerprint density at radius 3 is 2.33 bits per heavy atom. The average molecular weight is 267 g/mol. The third kappa shape index (κ3) is 2.27. The summed E-state index contributed by atoms with van der Waals surface area (Å²) < 4.78 is 27.0. The second kappa shape index (κ2) is 4.86. The first-order valence-electron chi connectivity index (χ1n) is 5.25. The Morgan fingerprint density at radius 1 is 1.11 bits per heavy atom. The van der Waals surface area contributed by atoms with Gasteiger partial charge in [0, 0.05) is 10.6 Å². The van der Waals surface area contributed by atoms with Crippen LogP contribution < -0.4 is 0 Å². The maximum absolute atomic E-state index is 13.5. The monoisotopic (exact) mass is 266 g/mol. The van der Waals surface area contributed by atoms with Gasteiger partial charge < -0.3 is 0 Å². The van der Waals surface area contributed by atoms with Gasteiger partial charge in [0.15, 0.2) is 5.78 Å². The molecule has 0 spiro atoms. The maximum atomic E-state index is 13.5. The van der Waals surface area contributed by atoms with Crippen molar-refractivity contribution < 1.29 is 13.6 Å². The molecule has 0 bridgehead atoms. The minimum atomic E-state index is -0.876. The normalized spacial score (nSPS) is 10.4. The van der Waals surface area contributed by atoms with E-state index in [4.69, 9.17) is 11.6 Å². The summed E-state index contributed by atoms with van der Waals surface area (Å²) >= 11 is 5.79. The number of carbonyl (C=O) groups excluding carboxylic acids is 1. The van der Waals surface area contributed by atoms with Crippen LogP contribution in [0.15, 0.2) is 36.4 Å². The molecule has 0 heterocycles. The molecule has 92 valence electrons. The molecule has 0 amide bonds. The van der Waals surface area contributed by atoms with Gasteiger partial charge in [0.2, 0.25) is 0 Å². The molecule has 2 aromatic carbocycles. The van der Waals surface area contributed by atoms with Crippen molar-refractivity contribution in [2.45, 2.75) is 6.92 Å². The zero-order valence-electron chi connectivity index (χ0n) is 9.51. The molecule has 0 aliphatic carbocycles. The first-order chi connectivity index (χ1) is 8.50. The molecule has 0 unspecified atom stereocenters. The van der Waals surface area contributed by atoms with Crippen LogP contribution >= 0.6 is 11.6 Å². The molecule has 18 heavy (non-hydrogen) atoms. The first-order valence-corrected chi connectivity index (χ1v) is 5.63. The Morgan fingerprint density at radius 2 is 1.72 bits per heavy atom. The molecule has 0 aliphatic rings. The minimum absolute atomic E-state index is 0.200. The Hall–Kier alpha value is -1.74. The fourth-order valence-electron chi connectivity index (χ4n) is 1.69. The van der Waals surface area contributed by atoms with Gasteiger partial charge in [-0.2, -0.15) is 0 Å². The Bertz CT molecular complexity index is 603. The molecule has 1 nitrogen and oxygen atoms in total. The van der Waals surface area contributed by atoms with E-state index in [0.717, 1.165) is 12.1 Å². The van der Waals surface area contributed by atoms with Gasteiger partial charge in [0.05, 0.1) is 5.56 Å². The van der Waals surface area contributed by atoms with Crippen molar-refractivity contribution >= 4 is 17.4 Å². The number of rotatable bonds is 2. The molecule has 2 aromatic rings. The highest BCUT2D eigenvalue weighted by Crippen LogP contribution is 2.22. The predicted molar refractivity (Wildman–Crippen MR) is 66.0 cm³/mol. The highest BCUT2D eigenvalue weighted by atomic mass is 35.5. The number of ketones is 1.